The zero-order valence-corrected chi connectivity index (χ0v) is 14.1. The number of nitrogens with one attached hydrogen (secondary N) is 2. The summed E-state index contributed by atoms with van der Waals surface area (Å²) in [6.45, 7) is 1.90. The lowest BCUT2D eigenvalue weighted by atomic mass is 10.0. The van der Waals surface area contributed by atoms with Crippen LogP contribution < -0.4 is 10.6 Å². The molecular weight excluding hydrogens is 320 g/mol. The number of rotatable bonds is 5. The SMILES string of the molecule is C[C@H](NC(=O)CNC(=O)c1cccs1)c1ccc2ccccc2c1. The van der Waals surface area contributed by atoms with Crippen LogP contribution in [0.5, 0.6) is 0 Å². The maximum Gasteiger partial charge on any atom is 0.261 e. The molecule has 0 fully saturated rings. The summed E-state index contributed by atoms with van der Waals surface area (Å²) in [4.78, 5) is 24.5. The van der Waals surface area contributed by atoms with Crippen LogP contribution in [0.3, 0.4) is 0 Å². The summed E-state index contributed by atoms with van der Waals surface area (Å²) in [5, 5.41) is 9.68. The molecule has 2 aromatic carbocycles. The van der Waals surface area contributed by atoms with Gasteiger partial charge in [0.25, 0.3) is 5.91 Å². The van der Waals surface area contributed by atoms with Gasteiger partial charge in [0, 0.05) is 0 Å². The number of thiophene rings is 1. The van der Waals surface area contributed by atoms with Crippen LogP contribution in [-0.2, 0) is 4.79 Å². The number of amides is 2. The molecule has 5 heteroatoms. The van der Waals surface area contributed by atoms with Gasteiger partial charge in [-0.25, -0.2) is 0 Å². The molecule has 4 nitrogen and oxygen atoms in total. The lowest BCUT2D eigenvalue weighted by Crippen LogP contribution is -2.37. The predicted molar refractivity (Wildman–Crippen MR) is 97.2 cm³/mol. The summed E-state index contributed by atoms with van der Waals surface area (Å²) in [6, 6.07) is 17.7. The van der Waals surface area contributed by atoms with Gasteiger partial charge in [0.15, 0.2) is 0 Å². The Morgan fingerprint density at radius 3 is 2.58 bits per heavy atom. The van der Waals surface area contributed by atoms with Crippen LogP contribution in [0.25, 0.3) is 10.8 Å². The highest BCUT2D eigenvalue weighted by Gasteiger charge is 2.12. The van der Waals surface area contributed by atoms with Crippen LogP contribution in [0.15, 0.2) is 60.0 Å². The Morgan fingerprint density at radius 1 is 1.04 bits per heavy atom. The second-order valence-corrected chi connectivity index (χ2v) is 6.50. The molecule has 0 radical (unpaired) electrons. The number of hydrogen-bond acceptors (Lipinski definition) is 3. The van der Waals surface area contributed by atoms with Crippen LogP contribution in [0.4, 0.5) is 0 Å². The summed E-state index contributed by atoms with van der Waals surface area (Å²) in [6.07, 6.45) is 0. The van der Waals surface area contributed by atoms with Crippen molar-refractivity contribution in [1.82, 2.24) is 10.6 Å². The molecule has 24 heavy (non-hydrogen) atoms. The second-order valence-electron chi connectivity index (χ2n) is 5.56. The van der Waals surface area contributed by atoms with Crippen molar-refractivity contribution in [3.05, 3.63) is 70.4 Å². The van der Waals surface area contributed by atoms with E-state index in [9.17, 15) is 9.59 Å². The second kappa shape index (κ2) is 7.27. The summed E-state index contributed by atoms with van der Waals surface area (Å²) < 4.78 is 0. The Morgan fingerprint density at radius 2 is 1.83 bits per heavy atom. The van der Waals surface area contributed by atoms with Crippen molar-refractivity contribution in [1.29, 1.82) is 0 Å². The van der Waals surface area contributed by atoms with E-state index in [4.69, 9.17) is 0 Å². The third-order valence-corrected chi connectivity index (χ3v) is 4.67. The third kappa shape index (κ3) is 3.81. The van der Waals surface area contributed by atoms with Crippen molar-refractivity contribution in [2.75, 3.05) is 6.54 Å². The fourth-order valence-corrected chi connectivity index (χ4v) is 3.15. The van der Waals surface area contributed by atoms with Crippen LogP contribution in [0.1, 0.15) is 28.2 Å². The first-order valence-electron chi connectivity index (χ1n) is 7.73. The van der Waals surface area contributed by atoms with Crippen LogP contribution in [0.2, 0.25) is 0 Å². The Hall–Kier alpha value is -2.66. The Kier molecular flexibility index (Phi) is 4.91. The van der Waals surface area contributed by atoms with Crippen LogP contribution in [0, 0.1) is 0 Å². The quantitative estimate of drug-likeness (QED) is 0.748. The highest BCUT2D eigenvalue weighted by molar-refractivity contribution is 7.12. The fourth-order valence-electron chi connectivity index (χ4n) is 2.51. The smallest absolute Gasteiger partial charge is 0.261 e. The molecule has 2 amide bonds. The van der Waals surface area contributed by atoms with Gasteiger partial charge in [0.05, 0.1) is 17.5 Å². The highest BCUT2D eigenvalue weighted by Crippen LogP contribution is 2.20. The summed E-state index contributed by atoms with van der Waals surface area (Å²) in [5.41, 5.74) is 1.03. The number of benzene rings is 2. The molecule has 1 atom stereocenters. The van der Waals surface area contributed by atoms with Gasteiger partial charge in [-0.2, -0.15) is 0 Å². The fraction of sp³-hybridized carbons (Fsp3) is 0.158. The van der Waals surface area contributed by atoms with E-state index in [0.29, 0.717) is 4.88 Å². The largest absolute Gasteiger partial charge is 0.348 e. The monoisotopic (exact) mass is 338 g/mol. The van der Waals surface area contributed by atoms with Crippen LogP contribution in [-0.4, -0.2) is 18.4 Å². The van der Waals surface area contributed by atoms with E-state index in [0.717, 1.165) is 10.9 Å². The van der Waals surface area contributed by atoms with Gasteiger partial charge in [0.2, 0.25) is 5.91 Å². The number of carbonyl (C=O) groups is 2. The molecule has 0 bridgehead atoms. The predicted octanol–water partition coefficient (Wildman–Crippen LogP) is 3.51. The van der Waals surface area contributed by atoms with E-state index in [1.165, 1.54) is 16.7 Å². The minimum absolute atomic E-state index is 0.0331. The van der Waals surface area contributed by atoms with Crippen molar-refractivity contribution >= 4 is 33.9 Å². The molecule has 122 valence electrons. The molecule has 0 saturated carbocycles. The molecule has 0 aliphatic carbocycles. The molecule has 3 aromatic rings. The van der Waals surface area contributed by atoms with E-state index >= 15 is 0 Å². The third-order valence-electron chi connectivity index (χ3n) is 3.81. The molecule has 2 N–H and O–H groups in total. The van der Waals surface area contributed by atoms with E-state index in [1.807, 2.05) is 36.6 Å². The van der Waals surface area contributed by atoms with Crippen molar-refractivity contribution in [2.45, 2.75) is 13.0 Å². The van der Waals surface area contributed by atoms with Gasteiger partial charge in [-0.15, -0.1) is 11.3 Å². The molecular formula is C19H18N2O2S. The molecule has 0 aliphatic rings. The van der Waals surface area contributed by atoms with E-state index in [1.54, 1.807) is 12.1 Å². The number of hydrogen-bond donors (Lipinski definition) is 2. The standard InChI is InChI=1S/C19H18N2O2S/c1-13(15-9-8-14-5-2-3-6-16(14)11-15)21-18(22)12-20-19(23)17-7-4-10-24-17/h2-11,13H,12H2,1H3,(H,20,23)(H,21,22)/t13-/m0/s1. The van der Waals surface area contributed by atoms with E-state index < -0.39 is 0 Å². The normalized spacial score (nSPS) is 11.9. The maximum atomic E-state index is 12.0. The molecule has 0 saturated heterocycles. The molecule has 0 aliphatic heterocycles. The zero-order valence-electron chi connectivity index (χ0n) is 13.3. The maximum absolute atomic E-state index is 12.0. The average Bonchev–Trinajstić information content (AvgIpc) is 3.14. The molecule has 1 aromatic heterocycles. The zero-order chi connectivity index (χ0) is 16.9. The van der Waals surface area contributed by atoms with Gasteiger partial charge < -0.3 is 10.6 Å². The summed E-state index contributed by atoms with van der Waals surface area (Å²) >= 11 is 1.35. The first-order valence-corrected chi connectivity index (χ1v) is 8.61. The van der Waals surface area contributed by atoms with Gasteiger partial charge in [-0.1, -0.05) is 42.5 Å². The number of carbonyl (C=O) groups excluding carboxylic acids is 2. The van der Waals surface area contributed by atoms with E-state index in [-0.39, 0.29) is 24.4 Å². The Balaban J connectivity index is 1.57. The Labute approximate surface area is 144 Å². The van der Waals surface area contributed by atoms with Crippen LogP contribution >= 0.6 is 11.3 Å². The lowest BCUT2D eigenvalue weighted by molar-refractivity contribution is -0.120. The van der Waals surface area contributed by atoms with Gasteiger partial charge >= 0.3 is 0 Å². The summed E-state index contributed by atoms with van der Waals surface area (Å²) in [5.74, 6) is -0.431. The summed E-state index contributed by atoms with van der Waals surface area (Å²) in [7, 11) is 0. The van der Waals surface area contributed by atoms with Gasteiger partial charge in [-0.05, 0) is 40.8 Å². The van der Waals surface area contributed by atoms with Crippen molar-refractivity contribution in [3.8, 4) is 0 Å². The molecule has 3 rings (SSSR count). The minimum atomic E-state index is -0.224. The van der Waals surface area contributed by atoms with Crippen molar-refractivity contribution in [2.24, 2.45) is 0 Å². The van der Waals surface area contributed by atoms with E-state index in [2.05, 4.69) is 28.8 Å². The topological polar surface area (TPSA) is 58.2 Å². The van der Waals surface area contributed by atoms with Crippen molar-refractivity contribution < 1.29 is 9.59 Å². The van der Waals surface area contributed by atoms with Gasteiger partial charge in [0.1, 0.15) is 0 Å². The number of fused-ring (bicyclic) bond motifs is 1. The first kappa shape index (κ1) is 16.2. The average molecular weight is 338 g/mol. The Bertz CT molecular complexity index is 859. The van der Waals surface area contributed by atoms with Gasteiger partial charge in [-0.3, -0.25) is 9.59 Å². The lowest BCUT2D eigenvalue weighted by Gasteiger charge is -2.15. The first-order chi connectivity index (χ1) is 11.6. The molecule has 0 unspecified atom stereocenters. The molecule has 0 spiro atoms. The minimum Gasteiger partial charge on any atom is -0.348 e. The molecule has 1 heterocycles. The van der Waals surface area contributed by atoms with Crippen molar-refractivity contribution in [3.63, 3.8) is 0 Å². The highest BCUT2D eigenvalue weighted by atomic mass is 32.1.